The van der Waals surface area contributed by atoms with E-state index >= 15 is 0 Å². The first-order chi connectivity index (χ1) is 13.9. The lowest BCUT2D eigenvalue weighted by atomic mass is 10.1. The standard InChI is InChI=1S/C22H17NO5S/c1-12-20(13(2)28-23-12)22-21(17-9-6-15(24)11-18(17)29-22)27-16-7-3-14(4-8-16)5-10-19(25)26/h3-11,24H,1-2H3,(H,25,26). The minimum Gasteiger partial charge on any atom is -0.508 e. The fraction of sp³-hybridized carbons (Fsp3) is 0.0909. The fourth-order valence-electron chi connectivity index (χ4n) is 3.07. The predicted molar refractivity (Wildman–Crippen MR) is 112 cm³/mol. The molecule has 2 N–H and O–H groups in total. The molecule has 0 saturated heterocycles. The van der Waals surface area contributed by atoms with Crippen LogP contribution in [0.1, 0.15) is 17.0 Å². The molecule has 146 valence electrons. The summed E-state index contributed by atoms with van der Waals surface area (Å²) in [6.45, 7) is 3.73. The zero-order valence-electron chi connectivity index (χ0n) is 15.7. The van der Waals surface area contributed by atoms with E-state index in [4.69, 9.17) is 14.4 Å². The molecule has 2 heterocycles. The van der Waals surface area contributed by atoms with Gasteiger partial charge in [0.05, 0.1) is 16.1 Å². The minimum absolute atomic E-state index is 0.185. The molecule has 0 spiro atoms. The first-order valence-corrected chi connectivity index (χ1v) is 9.61. The maximum absolute atomic E-state index is 10.7. The molecule has 4 rings (SSSR count). The van der Waals surface area contributed by atoms with Crippen molar-refractivity contribution in [2.24, 2.45) is 0 Å². The van der Waals surface area contributed by atoms with Crippen LogP contribution in [0.25, 0.3) is 26.6 Å². The van der Waals surface area contributed by atoms with Crippen molar-refractivity contribution in [3.63, 3.8) is 0 Å². The third-order valence-electron chi connectivity index (χ3n) is 4.41. The van der Waals surface area contributed by atoms with Crippen LogP contribution in [0.3, 0.4) is 0 Å². The second-order valence-corrected chi connectivity index (χ2v) is 7.53. The van der Waals surface area contributed by atoms with Crippen molar-refractivity contribution < 1.29 is 24.3 Å². The van der Waals surface area contributed by atoms with Gasteiger partial charge in [0.25, 0.3) is 0 Å². The van der Waals surface area contributed by atoms with E-state index in [0.29, 0.717) is 17.3 Å². The zero-order chi connectivity index (χ0) is 20.5. The van der Waals surface area contributed by atoms with Gasteiger partial charge in [-0.2, -0.15) is 0 Å². The SMILES string of the molecule is Cc1noc(C)c1-c1sc2cc(O)ccc2c1Oc1ccc(C=CC(=O)O)cc1. The van der Waals surface area contributed by atoms with Crippen LogP contribution in [0.4, 0.5) is 0 Å². The van der Waals surface area contributed by atoms with Crippen molar-refractivity contribution in [2.75, 3.05) is 0 Å². The van der Waals surface area contributed by atoms with Crippen molar-refractivity contribution in [3.05, 3.63) is 65.6 Å². The Labute approximate surface area is 170 Å². The molecular formula is C22H17NO5S. The van der Waals surface area contributed by atoms with Gasteiger partial charge in [-0.15, -0.1) is 11.3 Å². The van der Waals surface area contributed by atoms with Gasteiger partial charge >= 0.3 is 5.97 Å². The van der Waals surface area contributed by atoms with Gasteiger partial charge in [0.15, 0.2) is 5.75 Å². The molecule has 7 heteroatoms. The van der Waals surface area contributed by atoms with Crippen molar-refractivity contribution in [3.8, 4) is 27.7 Å². The molecule has 0 unspecified atom stereocenters. The highest BCUT2D eigenvalue weighted by molar-refractivity contribution is 7.22. The summed E-state index contributed by atoms with van der Waals surface area (Å²) < 4.78 is 12.5. The maximum Gasteiger partial charge on any atom is 0.328 e. The number of phenols is 1. The normalized spacial score (nSPS) is 11.4. The number of phenolic OH excluding ortho intramolecular Hbond substituents is 1. The number of nitrogens with zero attached hydrogens (tertiary/aromatic N) is 1. The molecule has 0 aliphatic heterocycles. The molecule has 0 aliphatic carbocycles. The van der Waals surface area contributed by atoms with Crippen LogP contribution in [0.5, 0.6) is 17.2 Å². The van der Waals surface area contributed by atoms with E-state index in [-0.39, 0.29) is 5.75 Å². The van der Waals surface area contributed by atoms with Gasteiger partial charge in [-0.25, -0.2) is 4.79 Å². The molecule has 0 saturated carbocycles. The Hall–Kier alpha value is -3.58. The minimum atomic E-state index is -0.998. The molecule has 0 atom stereocenters. The molecule has 4 aromatic rings. The van der Waals surface area contributed by atoms with Gasteiger partial charge in [0.2, 0.25) is 0 Å². The molecule has 0 radical (unpaired) electrons. The topological polar surface area (TPSA) is 92.8 Å². The van der Waals surface area contributed by atoms with Crippen molar-refractivity contribution >= 4 is 33.5 Å². The number of aryl methyl sites for hydroxylation is 2. The van der Waals surface area contributed by atoms with Gasteiger partial charge in [-0.1, -0.05) is 17.3 Å². The van der Waals surface area contributed by atoms with Crippen LogP contribution in [-0.4, -0.2) is 21.3 Å². The van der Waals surface area contributed by atoms with E-state index in [0.717, 1.165) is 37.9 Å². The Kier molecular flexibility index (Phi) is 4.82. The quantitative estimate of drug-likeness (QED) is 0.408. The highest BCUT2D eigenvalue weighted by Gasteiger charge is 2.22. The number of hydrogen-bond acceptors (Lipinski definition) is 6. The van der Waals surface area contributed by atoms with Crippen LogP contribution in [0, 0.1) is 13.8 Å². The summed E-state index contributed by atoms with van der Waals surface area (Å²) in [6, 6.07) is 12.3. The van der Waals surface area contributed by atoms with E-state index in [1.807, 2.05) is 19.9 Å². The number of aromatic nitrogens is 1. The lowest BCUT2D eigenvalue weighted by Gasteiger charge is -2.08. The number of fused-ring (bicyclic) bond motifs is 1. The van der Waals surface area contributed by atoms with Gasteiger partial charge in [-0.3, -0.25) is 0 Å². The fourth-order valence-corrected chi connectivity index (χ4v) is 4.38. The molecule has 0 amide bonds. The Morgan fingerprint density at radius 3 is 2.59 bits per heavy atom. The second kappa shape index (κ2) is 7.44. The number of carboxylic acid groups (broad SMARTS) is 1. The Balaban J connectivity index is 1.78. The summed E-state index contributed by atoms with van der Waals surface area (Å²) in [5.41, 5.74) is 2.39. The molecule has 2 aromatic heterocycles. The van der Waals surface area contributed by atoms with Gasteiger partial charge in [-0.05, 0) is 55.8 Å². The van der Waals surface area contributed by atoms with Crippen LogP contribution < -0.4 is 4.74 Å². The molecule has 0 bridgehead atoms. The van der Waals surface area contributed by atoms with E-state index in [1.165, 1.54) is 17.4 Å². The van der Waals surface area contributed by atoms with E-state index in [9.17, 15) is 9.90 Å². The third kappa shape index (κ3) is 3.72. The number of ether oxygens (including phenoxy) is 1. The molecule has 0 fully saturated rings. The van der Waals surface area contributed by atoms with Crippen molar-refractivity contribution in [1.29, 1.82) is 0 Å². The van der Waals surface area contributed by atoms with Crippen LogP contribution in [0.15, 0.2) is 53.1 Å². The second-order valence-electron chi connectivity index (χ2n) is 6.48. The number of rotatable bonds is 5. The monoisotopic (exact) mass is 407 g/mol. The van der Waals surface area contributed by atoms with Gasteiger partial charge in [0, 0.05) is 16.2 Å². The number of carbonyl (C=O) groups is 1. The Morgan fingerprint density at radius 2 is 1.93 bits per heavy atom. The lowest BCUT2D eigenvalue weighted by Crippen LogP contribution is -1.88. The average molecular weight is 407 g/mol. The van der Waals surface area contributed by atoms with E-state index in [2.05, 4.69) is 5.16 Å². The largest absolute Gasteiger partial charge is 0.508 e. The van der Waals surface area contributed by atoms with Crippen LogP contribution >= 0.6 is 11.3 Å². The van der Waals surface area contributed by atoms with E-state index in [1.54, 1.807) is 36.4 Å². The van der Waals surface area contributed by atoms with Crippen LogP contribution in [0.2, 0.25) is 0 Å². The summed E-state index contributed by atoms with van der Waals surface area (Å²) in [6.07, 6.45) is 2.61. The Bertz CT molecular complexity index is 1210. The summed E-state index contributed by atoms with van der Waals surface area (Å²) in [5, 5.41) is 23.5. The molecular weight excluding hydrogens is 390 g/mol. The van der Waals surface area contributed by atoms with Crippen LogP contribution in [-0.2, 0) is 4.79 Å². The van der Waals surface area contributed by atoms with E-state index < -0.39 is 5.97 Å². The number of thiophene rings is 1. The number of benzene rings is 2. The summed E-state index contributed by atoms with van der Waals surface area (Å²) in [4.78, 5) is 11.5. The third-order valence-corrected chi connectivity index (χ3v) is 5.56. The van der Waals surface area contributed by atoms with Gasteiger partial charge in [0.1, 0.15) is 17.3 Å². The summed E-state index contributed by atoms with van der Waals surface area (Å²) >= 11 is 1.50. The molecule has 6 nitrogen and oxygen atoms in total. The number of aliphatic carboxylic acids is 1. The highest BCUT2D eigenvalue weighted by atomic mass is 32.1. The maximum atomic E-state index is 10.7. The zero-order valence-corrected chi connectivity index (χ0v) is 16.5. The molecule has 2 aromatic carbocycles. The molecule has 0 aliphatic rings. The highest BCUT2D eigenvalue weighted by Crippen LogP contribution is 2.48. The first kappa shape index (κ1) is 18.8. The summed E-state index contributed by atoms with van der Waals surface area (Å²) in [5.74, 6) is 1.15. The molecule has 29 heavy (non-hydrogen) atoms. The van der Waals surface area contributed by atoms with Crippen molar-refractivity contribution in [2.45, 2.75) is 13.8 Å². The lowest BCUT2D eigenvalue weighted by molar-refractivity contribution is -0.131. The predicted octanol–water partition coefficient (Wildman–Crippen LogP) is 5.77. The number of hydrogen-bond donors (Lipinski definition) is 2. The van der Waals surface area contributed by atoms with Crippen molar-refractivity contribution in [1.82, 2.24) is 5.16 Å². The van der Waals surface area contributed by atoms with Gasteiger partial charge < -0.3 is 19.5 Å². The first-order valence-electron chi connectivity index (χ1n) is 8.80. The number of aromatic hydroxyl groups is 1. The number of carboxylic acids is 1. The Morgan fingerprint density at radius 1 is 1.17 bits per heavy atom. The smallest absolute Gasteiger partial charge is 0.328 e. The summed E-state index contributed by atoms with van der Waals surface area (Å²) in [7, 11) is 0. The average Bonchev–Trinajstić information content (AvgIpc) is 3.20.